The number of nitrogens with zero attached hydrogens (tertiary/aromatic N) is 2. The van der Waals surface area contributed by atoms with E-state index in [2.05, 4.69) is 157 Å². The Balaban J connectivity index is -0.000000556. The van der Waals surface area contributed by atoms with Gasteiger partial charge in [-0.2, -0.15) is 0 Å². The summed E-state index contributed by atoms with van der Waals surface area (Å²) in [4.78, 5) is 25.2. The van der Waals surface area contributed by atoms with Gasteiger partial charge < -0.3 is 42.7 Å². The predicted molar refractivity (Wildman–Crippen MR) is 303 cm³/mol. The predicted octanol–water partition coefficient (Wildman–Crippen LogP) is 13.4. The van der Waals surface area contributed by atoms with Gasteiger partial charge in [-0.15, -0.1) is 0 Å². The van der Waals surface area contributed by atoms with E-state index in [0.717, 1.165) is 37.1 Å². The molecular weight excluding hydrogens is 933 g/mol. The molecule has 0 unspecified atom stereocenters. The molecule has 64 heavy (non-hydrogen) atoms. The lowest BCUT2D eigenvalue weighted by atomic mass is 10.3. The van der Waals surface area contributed by atoms with Gasteiger partial charge in [-0.05, 0) is 201 Å². The van der Waals surface area contributed by atoms with Crippen LogP contribution in [0.15, 0.2) is 24.3 Å². The van der Waals surface area contributed by atoms with Crippen molar-refractivity contribution in [2.24, 2.45) is 0 Å². The van der Waals surface area contributed by atoms with Crippen molar-refractivity contribution in [2.45, 2.75) is 194 Å². The number of unbranched alkanes of at least 4 members (excludes halogenated alkanes) is 2. The lowest BCUT2D eigenvalue weighted by Gasteiger charge is -2.37. The van der Waals surface area contributed by atoms with Gasteiger partial charge in [0.1, 0.15) is 19.8 Å². The molecule has 0 radical (unpaired) electrons. The molecular formula is C46H110N2O8Si8. The fraction of sp³-hybridized carbons (Fsp3) is 0.848. The molecule has 0 bridgehead atoms. The highest BCUT2D eigenvalue weighted by molar-refractivity contribution is 6.89. The molecule has 0 aliphatic carbocycles. The second-order valence-corrected chi connectivity index (χ2v) is 60.5. The molecule has 10 nitrogen and oxygen atoms in total. The molecule has 0 spiro atoms. The van der Waals surface area contributed by atoms with E-state index in [1.54, 1.807) is 13.8 Å². The zero-order valence-corrected chi connectivity index (χ0v) is 54.9. The molecule has 0 aliphatic heterocycles. The minimum Gasteiger partial charge on any atom is -0.461 e. The highest BCUT2D eigenvalue weighted by atomic mass is 28.4. The fourth-order valence-electron chi connectivity index (χ4n) is 7.84. The average Bonchev–Trinajstić information content (AvgIpc) is 3.04. The lowest BCUT2D eigenvalue weighted by molar-refractivity contribution is -0.890. The van der Waals surface area contributed by atoms with Crippen molar-refractivity contribution >= 4 is 78.5 Å². The standard InChI is InChI=1S/C23H54NO4Si4.C22H51NO4Si4.CH3.H2/c1-22(2)23(25)26-18-17-24(3,4)16-14-15-19-30(8,9)28-32(12,13)21-20-31(10,11)27-29(5,6)7;1-21(2)22(24)25-17-16-23(3)15-13-14-18-29(7,8)27-31(11,12)20-19-30(9,10)26-28(4,5)6;;/h1,14-21H2,2-13H3;1,13-20H2,2-12H3;1H3;1H/q+1;;-1;/i;;;1+1. The number of esters is 2. The molecule has 384 valence electrons. The Kier molecular flexibility index (Phi) is 31.1. The van der Waals surface area contributed by atoms with Crippen molar-refractivity contribution in [3.05, 3.63) is 31.7 Å². The SMILES string of the molecule is C=C(C)C(=O)OCCN(C)CCCC[Si](C)(C)O[Si](C)(C)CC[Si](C)(C)O[Si](C)(C)C.C=C(C)C(=O)OCC[N+](C)(C)CCCC[Si](C)(C)O[Si](C)(C)CC[Si](C)(C)O[Si](C)(C)C.[2HH].[CH3-]. The Morgan fingerprint density at radius 3 is 1.12 bits per heavy atom. The molecule has 18 heteroatoms. The van der Waals surface area contributed by atoms with Crippen molar-refractivity contribution in [1.29, 1.82) is 0 Å². The zero-order valence-electron chi connectivity index (χ0n) is 46.9. The summed E-state index contributed by atoms with van der Waals surface area (Å²) in [5.74, 6) is -0.594. The Morgan fingerprint density at radius 1 is 0.469 bits per heavy atom. The molecule has 0 saturated carbocycles. The normalized spacial score (nSPS) is 13.5. The minimum atomic E-state index is -1.69. The van der Waals surface area contributed by atoms with Gasteiger partial charge in [0.2, 0.25) is 0 Å². The summed E-state index contributed by atoms with van der Waals surface area (Å²) in [5, 5.41) is 0. The summed E-state index contributed by atoms with van der Waals surface area (Å²) < 4.78 is 38.1. The van der Waals surface area contributed by atoms with E-state index in [4.69, 9.17) is 25.9 Å². The van der Waals surface area contributed by atoms with Crippen molar-refractivity contribution in [3.8, 4) is 0 Å². The summed E-state index contributed by atoms with van der Waals surface area (Å²) in [5.41, 5.74) is 0.916. The van der Waals surface area contributed by atoms with Crippen molar-refractivity contribution in [1.82, 2.24) is 4.90 Å². The van der Waals surface area contributed by atoms with Gasteiger partial charge in [0.05, 0.1) is 20.6 Å². The maximum absolute atomic E-state index is 11.5. The lowest BCUT2D eigenvalue weighted by Crippen LogP contribution is -2.47. The van der Waals surface area contributed by atoms with Crippen LogP contribution in [0.1, 0.15) is 41.0 Å². The quantitative estimate of drug-likeness (QED) is 0.0163. The van der Waals surface area contributed by atoms with Crippen LogP contribution in [0.4, 0.5) is 0 Å². The average molecular weight is 1050 g/mol. The van der Waals surface area contributed by atoms with Crippen LogP contribution >= 0.6 is 0 Å². The third-order valence-corrected chi connectivity index (χ3v) is 38.7. The first-order valence-corrected chi connectivity index (χ1v) is 49.5. The monoisotopic (exact) mass is 1040 g/mol. The number of rotatable bonds is 32. The van der Waals surface area contributed by atoms with Crippen molar-refractivity contribution in [3.63, 3.8) is 0 Å². The minimum absolute atomic E-state index is 0. The molecule has 0 fully saturated rings. The van der Waals surface area contributed by atoms with Crippen LogP contribution in [0.2, 0.25) is 154 Å². The molecule has 0 N–H and O–H groups in total. The number of hydrogen-bond donors (Lipinski definition) is 0. The number of carbonyl (C=O) groups is 2. The third kappa shape index (κ3) is 39.9. The van der Waals surface area contributed by atoms with Gasteiger partial charge in [0.15, 0.2) is 66.5 Å². The van der Waals surface area contributed by atoms with Crippen LogP contribution in [-0.2, 0) is 35.5 Å². The van der Waals surface area contributed by atoms with Crippen LogP contribution in [0.25, 0.3) is 0 Å². The second-order valence-electron chi connectivity index (χ2n) is 24.6. The van der Waals surface area contributed by atoms with E-state index in [1.165, 1.54) is 55.5 Å². The Bertz CT molecular complexity index is 1400. The van der Waals surface area contributed by atoms with E-state index in [-0.39, 0.29) is 20.8 Å². The number of likely N-dealkylation sites (N-methyl/N-ethyl adjacent to an activating group) is 2. The number of quaternary nitrogens is 1. The van der Waals surface area contributed by atoms with Gasteiger partial charge in [-0.1, -0.05) is 19.6 Å². The topological polar surface area (TPSA) is 92.8 Å². The van der Waals surface area contributed by atoms with E-state index in [1.807, 2.05) is 0 Å². The first-order chi connectivity index (χ1) is 28.0. The van der Waals surface area contributed by atoms with E-state index < -0.39 is 66.5 Å². The largest absolute Gasteiger partial charge is 0.461 e. The summed E-state index contributed by atoms with van der Waals surface area (Å²) in [6, 6.07) is 7.25. The Labute approximate surface area is 408 Å². The molecule has 0 aromatic carbocycles. The van der Waals surface area contributed by atoms with Gasteiger partial charge >= 0.3 is 11.9 Å². The Morgan fingerprint density at radius 2 is 0.781 bits per heavy atom. The number of hydrogen-bond acceptors (Lipinski definition) is 9. The molecule has 0 atom stereocenters. The van der Waals surface area contributed by atoms with Crippen LogP contribution in [0.5, 0.6) is 0 Å². The fourth-order valence-corrected chi connectivity index (χ4v) is 47.4. The van der Waals surface area contributed by atoms with Crippen LogP contribution < -0.4 is 0 Å². The van der Waals surface area contributed by atoms with Gasteiger partial charge in [-0.3, -0.25) is 0 Å². The second kappa shape index (κ2) is 29.2. The zero-order chi connectivity index (χ0) is 49.9. The highest BCUT2D eigenvalue weighted by Gasteiger charge is 2.38. The number of carbonyl (C=O) groups excluding carboxylic acids is 2. The van der Waals surface area contributed by atoms with Crippen molar-refractivity contribution < 1.29 is 41.4 Å². The van der Waals surface area contributed by atoms with Crippen molar-refractivity contribution in [2.75, 3.05) is 60.5 Å². The summed E-state index contributed by atoms with van der Waals surface area (Å²) in [6.07, 6.45) is 4.72. The Hall–Kier alpha value is -0.0849. The van der Waals surface area contributed by atoms with Crippen LogP contribution in [0.3, 0.4) is 0 Å². The molecule has 0 aliphatic rings. The molecule has 0 rings (SSSR count). The van der Waals surface area contributed by atoms with Crippen LogP contribution in [-0.4, -0.2) is 148 Å². The van der Waals surface area contributed by atoms with E-state index in [0.29, 0.717) is 24.4 Å². The first-order valence-electron chi connectivity index (χ1n) is 24.0. The summed E-state index contributed by atoms with van der Waals surface area (Å²) in [6.45, 7) is 57.5. The molecule has 0 amide bonds. The van der Waals surface area contributed by atoms with E-state index in [9.17, 15) is 9.59 Å². The van der Waals surface area contributed by atoms with Gasteiger partial charge in [0.25, 0.3) is 0 Å². The first kappa shape index (κ1) is 68.2. The van der Waals surface area contributed by atoms with Gasteiger partial charge in [-0.25, -0.2) is 9.59 Å². The van der Waals surface area contributed by atoms with Crippen LogP contribution in [0, 0.1) is 7.43 Å². The molecule has 0 saturated heterocycles. The summed E-state index contributed by atoms with van der Waals surface area (Å²) in [7, 11) is -6.36. The van der Waals surface area contributed by atoms with E-state index >= 15 is 0 Å². The summed E-state index contributed by atoms with van der Waals surface area (Å²) >= 11 is 0. The van der Waals surface area contributed by atoms with Gasteiger partial charge in [0, 0.05) is 19.1 Å². The highest BCUT2D eigenvalue weighted by Crippen LogP contribution is 2.30. The maximum atomic E-state index is 11.5. The third-order valence-electron chi connectivity index (χ3n) is 10.6. The number of ether oxygens (including phenoxy) is 2. The smallest absolute Gasteiger partial charge is 0.333 e. The molecule has 0 aromatic rings. The molecule has 0 aromatic heterocycles. The maximum Gasteiger partial charge on any atom is 0.333 e. The molecule has 0 heterocycles.